The second-order valence-corrected chi connectivity index (χ2v) is 4.43. The average Bonchev–Trinajstić information content (AvgIpc) is 2.22. The second-order valence-electron chi connectivity index (χ2n) is 3.19. The van der Waals surface area contributed by atoms with Crippen molar-refractivity contribution in [2.45, 2.75) is 6.92 Å². The molecule has 0 atom stereocenters. The summed E-state index contributed by atoms with van der Waals surface area (Å²) in [6, 6.07) is 11.7. The zero-order valence-corrected chi connectivity index (χ0v) is 10.4. The van der Waals surface area contributed by atoms with Gasteiger partial charge >= 0.3 is 0 Å². The van der Waals surface area contributed by atoms with E-state index in [1.54, 1.807) is 6.20 Å². The molecule has 0 N–H and O–H groups in total. The summed E-state index contributed by atoms with van der Waals surface area (Å²) in [5.74, 6) is 1.67. The predicted octanol–water partition coefficient (Wildman–Crippen LogP) is 3.79. The first-order valence-corrected chi connectivity index (χ1v) is 5.68. The molecule has 0 saturated heterocycles. The third-order valence-corrected chi connectivity index (χ3v) is 2.64. The molecule has 0 bridgehead atoms. The topological polar surface area (TPSA) is 22.1 Å². The molecule has 0 aliphatic rings. The number of aryl methyl sites for hydroxylation is 1. The molecule has 1 heterocycles. The van der Waals surface area contributed by atoms with Crippen LogP contribution in [0.2, 0.25) is 0 Å². The monoisotopic (exact) mass is 311 g/mol. The van der Waals surface area contributed by atoms with Gasteiger partial charge in [0, 0.05) is 21.5 Å². The molecule has 0 spiro atoms. The van der Waals surface area contributed by atoms with Crippen molar-refractivity contribution in [1.82, 2.24) is 4.98 Å². The minimum absolute atomic E-state index is 0.823. The van der Waals surface area contributed by atoms with Gasteiger partial charge in [-0.05, 0) is 59.8 Å². The van der Waals surface area contributed by atoms with Crippen LogP contribution in [-0.2, 0) is 0 Å². The van der Waals surface area contributed by atoms with Gasteiger partial charge < -0.3 is 4.74 Å². The lowest BCUT2D eigenvalue weighted by atomic mass is 10.3. The Hall–Kier alpha value is -1.10. The van der Waals surface area contributed by atoms with Gasteiger partial charge in [0.15, 0.2) is 0 Å². The molecule has 2 rings (SSSR count). The van der Waals surface area contributed by atoms with Gasteiger partial charge in [0.1, 0.15) is 11.5 Å². The highest BCUT2D eigenvalue weighted by Crippen LogP contribution is 2.21. The fourth-order valence-corrected chi connectivity index (χ4v) is 1.58. The first kappa shape index (κ1) is 10.4. The van der Waals surface area contributed by atoms with Gasteiger partial charge in [-0.25, -0.2) is 0 Å². The Kier molecular flexibility index (Phi) is 3.20. The van der Waals surface area contributed by atoms with Crippen molar-refractivity contribution >= 4 is 22.6 Å². The lowest BCUT2D eigenvalue weighted by Crippen LogP contribution is -1.86. The standard InChI is InChI=1S/C12H10INO/c1-9-8-12(6-7-14-9)15-11-4-2-10(13)3-5-11/h2-8H,1H3. The van der Waals surface area contributed by atoms with E-state index in [9.17, 15) is 0 Å². The average molecular weight is 311 g/mol. The van der Waals surface area contributed by atoms with E-state index < -0.39 is 0 Å². The van der Waals surface area contributed by atoms with Crippen LogP contribution in [0, 0.1) is 10.5 Å². The highest BCUT2D eigenvalue weighted by Gasteiger charge is 1.97. The molecular formula is C12H10INO. The highest BCUT2D eigenvalue weighted by molar-refractivity contribution is 14.1. The Bertz CT molecular complexity index is 453. The lowest BCUT2D eigenvalue weighted by Gasteiger charge is -2.05. The molecule has 76 valence electrons. The van der Waals surface area contributed by atoms with E-state index in [1.165, 1.54) is 3.57 Å². The second kappa shape index (κ2) is 4.61. The van der Waals surface area contributed by atoms with Gasteiger partial charge in [-0.3, -0.25) is 4.98 Å². The number of rotatable bonds is 2. The van der Waals surface area contributed by atoms with E-state index in [4.69, 9.17) is 4.74 Å². The van der Waals surface area contributed by atoms with Crippen LogP contribution in [-0.4, -0.2) is 4.98 Å². The minimum atomic E-state index is 0.823. The SMILES string of the molecule is Cc1cc(Oc2ccc(I)cc2)ccn1. The van der Waals surface area contributed by atoms with Gasteiger partial charge in [-0.15, -0.1) is 0 Å². The van der Waals surface area contributed by atoms with Gasteiger partial charge in [-0.2, -0.15) is 0 Å². The number of benzene rings is 1. The van der Waals surface area contributed by atoms with Crippen molar-refractivity contribution in [2.75, 3.05) is 0 Å². The van der Waals surface area contributed by atoms with Crippen LogP contribution in [0.5, 0.6) is 11.5 Å². The van der Waals surface area contributed by atoms with Gasteiger partial charge in [0.2, 0.25) is 0 Å². The van der Waals surface area contributed by atoms with Gasteiger partial charge in [-0.1, -0.05) is 0 Å². The molecule has 2 nitrogen and oxygen atoms in total. The van der Waals surface area contributed by atoms with Crippen LogP contribution >= 0.6 is 22.6 Å². The van der Waals surface area contributed by atoms with Crippen LogP contribution in [0.15, 0.2) is 42.6 Å². The van der Waals surface area contributed by atoms with E-state index in [1.807, 2.05) is 43.3 Å². The maximum Gasteiger partial charge on any atom is 0.130 e. The van der Waals surface area contributed by atoms with E-state index in [-0.39, 0.29) is 0 Å². The summed E-state index contributed by atoms with van der Waals surface area (Å²) in [5.41, 5.74) is 0.956. The smallest absolute Gasteiger partial charge is 0.130 e. The summed E-state index contributed by atoms with van der Waals surface area (Å²) in [7, 11) is 0. The van der Waals surface area contributed by atoms with Crippen LogP contribution in [0.4, 0.5) is 0 Å². The summed E-state index contributed by atoms with van der Waals surface area (Å²) < 4.78 is 6.87. The first-order chi connectivity index (χ1) is 7.24. The van der Waals surface area contributed by atoms with Gasteiger partial charge in [0.25, 0.3) is 0 Å². The number of hydrogen-bond donors (Lipinski definition) is 0. The summed E-state index contributed by atoms with van der Waals surface area (Å²) >= 11 is 2.27. The number of ether oxygens (including phenoxy) is 1. The summed E-state index contributed by atoms with van der Waals surface area (Å²) in [4.78, 5) is 4.11. The molecule has 0 aliphatic carbocycles. The van der Waals surface area contributed by atoms with Crippen molar-refractivity contribution in [1.29, 1.82) is 0 Å². The summed E-state index contributed by atoms with van der Waals surface area (Å²) in [5, 5.41) is 0. The molecule has 2 aromatic rings. The molecule has 15 heavy (non-hydrogen) atoms. The molecule has 0 unspecified atom stereocenters. The Morgan fingerprint density at radius 2 is 1.80 bits per heavy atom. The van der Waals surface area contributed by atoms with E-state index in [0.717, 1.165) is 17.2 Å². The van der Waals surface area contributed by atoms with E-state index >= 15 is 0 Å². The van der Waals surface area contributed by atoms with Crippen molar-refractivity contribution in [3.05, 3.63) is 51.9 Å². The summed E-state index contributed by atoms with van der Waals surface area (Å²) in [6.45, 7) is 1.95. The van der Waals surface area contributed by atoms with Crippen LogP contribution in [0.25, 0.3) is 0 Å². The van der Waals surface area contributed by atoms with Crippen LogP contribution < -0.4 is 4.74 Å². The third kappa shape index (κ3) is 2.92. The Labute approximate surface area is 102 Å². The third-order valence-electron chi connectivity index (χ3n) is 1.92. The number of halogens is 1. The fraction of sp³-hybridized carbons (Fsp3) is 0.0833. The van der Waals surface area contributed by atoms with Crippen molar-refractivity contribution < 1.29 is 4.74 Å². The highest BCUT2D eigenvalue weighted by atomic mass is 127. The predicted molar refractivity (Wildman–Crippen MR) is 68.2 cm³/mol. The molecular weight excluding hydrogens is 301 g/mol. The molecule has 0 fully saturated rings. The Morgan fingerprint density at radius 1 is 1.07 bits per heavy atom. The lowest BCUT2D eigenvalue weighted by molar-refractivity contribution is 0.481. The summed E-state index contributed by atoms with van der Waals surface area (Å²) in [6.07, 6.45) is 1.75. The number of hydrogen-bond acceptors (Lipinski definition) is 2. The van der Waals surface area contributed by atoms with Crippen molar-refractivity contribution in [3.63, 3.8) is 0 Å². The van der Waals surface area contributed by atoms with Crippen LogP contribution in [0.1, 0.15) is 5.69 Å². The minimum Gasteiger partial charge on any atom is -0.457 e. The number of pyridine rings is 1. The Balaban J connectivity index is 2.18. The molecule has 1 aromatic carbocycles. The van der Waals surface area contributed by atoms with E-state index in [2.05, 4.69) is 27.6 Å². The van der Waals surface area contributed by atoms with Crippen molar-refractivity contribution in [3.8, 4) is 11.5 Å². The van der Waals surface area contributed by atoms with Crippen LogP contribution in [0.3, 0.4) is 0 Å². The Morgan fingerprint density at radius 3 is 2.47 bits per heavy atom. The quantitative estimate of drug-likeness (QED) is 0.787. The molecule has 1 aromatic heterocycles. The maximum absolute atomic E-state index is 5.67. The number of aromatic nitrogens is 1. The molecule has 3 heteroatoms. The van der Waals surface area contributed by atoms with Crippen molar-refractivity contribution in [2.24, 2.45) is 0 Å². The zero-order chi connectivity index (χ0) is 10.7. The molecule has 0 radical (unpaired) electrons. The maximum atomic E-state index is 5.67. The molecule has 0 aliphatic heterocycles. The molecule has 0 amide bonds. The van der Waals surface area contributed by atoms with E-state index in [0.29, 0.717) is 0 Å². The fourth-order valence-electron chi connectivity index (χ4n) is 1.22. The molecule has 0 saturated carbocycles. The van der Waals surface area contributed by atoms with Gasteiger partial charge in [0.05, 0.1) is 0 Å². The number of nitrogens with zero attached hydrogens (tertiary/aromatic N) is 1. The largest absolute Gasteiger partial charge is 0.457 e. The normalized spacial score (nSPS) is 10.0. The first-order valence-electron chi connectivity index (χ1n) is 4.60. The zero-order valence-electron chi connectivity index (χ0n) is 8.27.